The van der Waals surface area contributed by atoms with Crippen LogP contribution in [0.2, 0.25) is 0 Å². The largest absolute Gasteiger partial charge is 0.352 e. The number of likely N-dealkylation sites (tertiary alicyclic amines) is 1. The third-order valence-corrected chi connectivity index (χ3v) is 4.74. The first-order chi connectivity index (χ1) is 12.7. The fourth-order valence-corrected chi connectivity index (χ4v) is 3.24. The van der Waals surface area contributed by atoms with Gasteiger partial charge in [-0.25, -0.2) is 0 Å². The maximum Gasteiger partial charge on any atom is 0.253 e. The number of nitrogens with zero attached hydrogens (tertiary/aromatic N) is 3. The van der Waals surface area contributed by atoms with Gasteiger partial charge in [0.05, 0.1) is 0 Å². The molecule has 0 spiro atoms. The number of nitrogens with one attached hydrogen (secondary N) is 1. The van der Waals surface area contributed by atoms with E-state index >= 15 is 0 Å². The Morgan fingerprint density at radius 2 is 2.07 bits per heavy atom. The number of carbonyl (C=O) groups excluding carboxylic acids is 1. The van der Waals surface area contributed by atoms with Crippen LogP contribution < -0.4 is 5.32 Å². The van der Waals surface area contributed by atoms with Crippen LogP contribution in [0.3, 0.4) is 0 Å². The zero-order valence-corrected chi connectivity index (χ0v) is 18.9. The minimum atomic E-state index is 0. The van der Waals surface area contributed by atoms with E-state index in [2.05, 4.69) is 21.8 Å². The normalized spacial score (nSPS) is 14.3. The number of benzene rings is 1. The maximum absolute atomic E-state index is 12.7. The molecule has 6 heteroatoms. The topological polar surface area (TPSA) is 47.9 Å². The number of hydrogen-bond acceptors (Lipinski definition) is 2. The summed E-state index contributed by atoms with van der Waals surface area (Å²) in [7, 11) is 3.83. The van der Waals surface area contributed by atoms with E-state index in [-0.39, 0.29) is 29.9 Å². The Labute approximate surface area is 180 Å². The van der Waals surface area contributed by atoms with Crippen LogP contribution >= 0.6 is 24.0 Å². The first-order valence-corrected chi connectivity index (χ1v) is 9.56. The van der Waals surface area contributed by atoms with E-state index in [1.165, 1.54) is 6.42 Å². The number of amides is 1. The molecule has 2 rings (SSSR count). The summed E-state index contributed by atoms with van der Waals surface area (Å²) >= 11 is 0. The number of hydrogen-bond donors (Lipinski definition) is 1. The van der Waals surface area contributed by atoms with Gasteiger partial charge in [-0.1, -0.05) is 18.2 Å². The predicted molar refractivity (Wildman–Crippen MR) is 124 cm³/mol. The Balaban J connectivity index is 0.00000364. The van der Waals surface area contributed by atoms with Gasteiger partial charge < -0.3 is 15.1 Å². The Bertz CT molecular complexity index is 626. The average molecular weight is 484 g/mol. The molecule has 0 atom stereocenters. The third-order valence-electron chi connectivity index (χ3n) is 4.74. The molecule has 0 aromatic heterocycles. The summed E-state index contributed by atoms with van der Waals surface area (Å²) in [6.45, 7) is 7.10. The highest BCUT2D eigenvalue weighted by molar-refractivity contribution is 14.0. The van der Waals surface area contributed by atoms with Gasteiger partial charge in [0, 0.05) is 45.8 Å². The molecule has 1 aliphatic heterocycles. The molecule has 27 heavy (non-hydrogen) atoms. The average Bonchev–Trinajstić information content (AvgIpc) is 2.69. The van der Waals surface area contributed by atoms with Crippen LogP contribution in [0.5, 0.6) is 0 Å². The number of guanidine groups is 1. The van der Waals surface area contributed by atoms with Gasteiger partial charge in [-0.15, -0.1) is 30.6 Å². The van der Waals surface area contributed by atoms with E-state index in [0.29, 0.717) is 6.54 Å². The van der Waals surface area contributed by atoms with Gasteiger partial charge in [0.2, 0.25) is 0 Å². The van der Waals surface area contributed by atoms with Gasteiger partial charge in [0.25, 0.3) is 5.91 Å². The van der Waals surface area contributed by atoms with Crippen molar-refractivity contribution in [2.24, 2.45) is 4.99 Å². The van der Waals surface area contributed by atoms with Crippen molar-refractivity contribution in [3.8, 4) is 0 Å². The van der Waals surface area contributed by atoms with E-state index in [4.69, 9.17) is 0 Å². The van der Waals surface area contributed by atoms with E-state index in [1.807, 2.05) is 42.3 Å². The second kappa shape index (κ2) is 12.8. The summed E-state index contributed by atoms with van der Waals surface area (Å²) in [6.07, 6.45) is 7.45. The van der Waals surface area contributed by atoms with Crippen LogP contribution in [-0.4, -0.2) is 55.4 Å². The van der Waals surface area contributed by atoms with Crippen molar-refractivity contribution < 1.29 is 4.79 Å². The van der Waals surface area contributed by atoms with Crippen molar-refractivity contribution in [3.63, 3.8) is 0 Å². The fraction of sp³-hybridized carbons (Fsp3) is 0.524. The summed E-state index contributed by atoms with van der Waals surface area (Å²) in [4.78, 5) is 21.1. The molecule has 1 amide bonds. The number of allylic oxidation sites excluding steroid dienone is 1. The number of carbonyl (C=O) groups is 1. The van der Waals surface area contributed by atoms with Gasteiger partial charge in [-0.2, -0.15) is 0 Å². The van der Waals surface area contributed by atoms with Gasteiger partial charge in [-0.3, -0.25) is 9.79 Å². The van der Waals surface area contributed by atoms with Gasteiger partial charge >= 0.3 is 0 Å². The summed E-state index contributed by atoms with van der Waals surface area (Å²) in [5, 5.41) is 3.38. The number of unbranched alkanes of at least 4 members (excludes halogenated alkanes) is 1. The van der Waals surface area contributed by atoms with Gasteiger partial charge in [0.1, 0.15) is 0 Å². The number of piperidine rings is 1. The molecule has 0 saturated carbocycles. The van der Waals surface area contributed by atoms with Crippen molar-refractivity contribution in [1.29, 1.82) is 0 Å². The second-order valence-corrected chi connectivity index (χ2v) is 6.81. The van der Waals surface area contributed by atoms with E-state index < -0.39 is 0 Å². The summed E-state index contributed by atoms with van der Waals surface area (Å²) in [5.41, 5.74) is 1.87. The maximum atomic E-state index is 12.7. The lowest BCUT2D eigenvalue weighted by Crippen LogP contribution is -2.39. The van der Waals surface area contributed by atoms with Crippen molar-refractivity contribution in [2.45, 2.75) is 38.6 Å². The quantitative estimate of drug-likeness (QED) is 0.210. The molecule has 1 aromatic rings. The molecule has 0 aliphatic carbocycles. The third kappa shape index (κ3) is 7.52. The van der Waals surface area contributed by atoms with Crippen molar-refractivity contribution in [3.05, 3.63) is 48.0 Å². The minimum Gasteiger partial charge on any atom is -0.352 e. The van der Waals surface area contributed by atoms with Crippen molar-refractivity contribution >= 4 is 35.8 Å². The van der Waals surface area contributed by atoms with Crippen LogP contribution in [-0.2, 0) is 6.54 Å². The van der Waals surface area contributed by atoms with E-state index in [0.717, 1.165) is 62.4 Å². The monoisotopic (exact) mass is 484 g/mol. The molecule has 1 saturated heterocycles. The standard InChI is InChI=1S/C21H32N4O.HI/c1-4-5-7-13-24(3)21(22-2)23-17-18-11-10-12-19(16-18)20(26)25-14-8-6-9-15-25;/h4,10-12,16H,1,5-9,13-15,17H2,2-3H3,(H,22,23);1H. The Hall–Kier alpha value is -1.57. The number of rotatable bonds is 7. The molecule has 0 radical (unpaired) electrons. The lowest BCUT2D eigenvalue weighted by molar-refractivity contribution is 0.0724. The van der Waals surface area contributed by atoms with Crippen LogP contribution in [0.15, 0.2) is 41.9 Å². The second-order valence-electron chi connectivity index (χ2n) is 6.81. The Kier molecular flexibility index (Phi) is 11.1. The minimum absolute atomic E-state index is 0. The summed E-state index contributed by atoms with van der Waals surface area (Å²) in [6, 6.07) is 7.92. The number of aliphatic imine (C=N–C) groups is 1. The van der Waals surface area contributed by atoms with Crippen LogP contribution in [0.1, 0.15) is 48.0 Å². The van der Waals surface area contributed by atoms with Crippen molar-refractivity contribution in [2.75, 3.05) is 33.7 Å². The lowest BCUT2D eigenvalue weighted by Gasteiger charge is -2.27. The zero-order valence-electron chi connectivity index (χ0n) is 16.6. The molecule has 5 nitrogen and oxygen atoms in total. The van der Waals surface area contributed by atoms with E-state index in [9.17, 15) is 4.79 Å². The van der Waals surface area contributed by atoms with Crippen LogP contribution in [0.4, 0.5) is 0 Å². The molecular formula is C21H33IN4O. The molecule has 1 aromatic carbocycles. The molecule has 1 N–H and O–H groups in total. The predicted octanol–water partition coefficient (Wildman–Crippen LogP) is 3.90. The van der Waals surface area contributed by atoms with Gasteiger partial charge in [0.15, 0.2) is 5.96 Å². The Morgan fingerprint density at radius 1 is 1.33 bits per heavy atom. The molecule has 1 aliphatic rings. The highest BCUT2D eigenvalue weighted by Gasteiger charge is 2.18. The molecule has 0 bridgehead atoms. The first kappa shape index (κ1) is 23.5. The molecule has 1 fully saturated rings. The molecule has 1 heterocycles. The first-order valence-electron chi connectivity index (χ1n) is 9.56. The molecule has 150 valence electrons. The zero-order chi connectivity index (χ0) is 18.8. The highest BCUT2D eigenvalue weighted by Crippen LogP contribution is 2.14. The summed E-state index contributed by atoms with van der Waals surface area (Å²) < 4.78 is 0. The van der Waals surface area contributed by atoms with Gasteiger partial charge in [-0.05, 0) is 49.8 Å². The fourth-order valence-electron chi connectivity index (χ4n) is 3.24. The Morgan fingerprint density at radius 3 is 2.74 bits per heavy atom. The molecular weight excluding hydrogens is 451 g/mol. The molecule has 0 unspecified atom stereocenters. The van der Waals surface area contributed by atoms with E-state index in [1.54, 1.807) is 7.05 Å². The lowest BCUT2D eigenvalue weighted by atomic mass is 10.1. The smallest absolute Gasteiger partial charge is 0.253 e. The number of halogens is 1. The summed E-state index contributed by atoms with van der Waals surface area (Å²) in [5.74, 6) is 1.01. The van der Waals surface area contributed by atoms with Crippen molar-refractivity contribution in [1.82, 2.24) is 15.1 Å². The highest BCUT2D eigenvalue weighted by atomic mass is 127. The SMILES string of the molecule is C=CCCCN(C)C(=NC)NCc1cccc(C(=O)N2CCCCC2)c1.I. The van der Waals surface area contributed by atoms with Crippen LogP contribution in [0, 0.1) is 0 Å². The van der Waals surface area contributed by atoms with Crippen LogP contribution in [0.25, 0.3) is 0 Å².